The molecule has 4 aliphatic carbocycles. The Balaban J connectivity index is 1.25. The van der Waals surface area contributed by atoms with Crippen molar-refractivity contribution in [3.8, 4) is 0 Å². The van der Waals surface area contributed by atoms with Crippen molar-refractivity contribution in [1.82, 2.24) is 4.90 Å². The fraction of sp³-hybridized carbons (Fsp3) is 0.654. The van der Waals surface area contributed by atoms with E-state index in [1.165, 1.54) is 19.3 Å². The highest BCUT2D eigenvalue weighted by atomic mass is 16.5. The number of aryl methyl sites for hydroxylation is 2. The number of hydrogen-bond acceptors (Lipinski definition) is 4. The van der Waals surface area contributed by atoms with Crippen LogP contribution in [0.5, 0.6) is 0 Å². The largest absolute Gasteiger partial charge is 0.456 e. The van der Waals surface area contributed by atoms with Gasteiger partial charge in [0.15, 0.2) is 6.61 Å². The second-order valence-corrected chi connectivity index (χ2v) is 10.7. The highest BCUT2D eigenvalue weighted by molar-refractivity contribution is 5.99. The standard InChI is InChI=1S/C26H33NO4/c1-16-5-6-17(2)21(8-16)23(28)15-31-24(29)22-4-3-7-27(22)25(30)26-12-18-9-19(13-26)11-20(10-18)14-26/h5-6,8,18-20,22H,3-4,7,9-15H2,1-2H3/t18?,19?,20?,22-,26?/m0/s1. The molecular weight excluding hydrogens is 390 g/mol. The van der Waals surface area contributed by atoms with Gasteiger partial charge in [0.2, 0.25) is 11.7 Å². The van der Waals surface area contributed by atoms with E-state index in [0.717, 1.165) is 36.8 Å². The second kappa shape index (κ2) is 7.75. The quantitative estimate of drug-likeness (QED) is 0.525. The summed E-state index contributed by atoms with van der Waals surface area (Å²) in [6.07, 6.45) is 8.33. The van der Waals surface area contributed by atoms with E-state index in [0.29, 0.717) is 36.3 Å². The summed E-state index contributed by atoms with van der Waals surface area (Å²) in [5.41, 5.74) is 2.24. The van der Waals surface area contributed by atoms with Crippen LogP contribution in [0.15, 0.2) is 18.2 Å². The average molecular weight is 424 g/mol. The minimum atomic E-state index is -0.535. The van der Waals surface area contributed by atoms with Gasteiger partial charge in [-0.1, -0.05) is 17.7 Å². The summed E-state index contributed by atoms with van der Waals surface area (Å²) in [6, 6.07) is 5.17. The molecule has 1 aliphatic heterocycles. The number of amides is 1. The Morgan fingerprint density at radius 3 is 2.32 bits per heavy atom. The van der Waals surface area contributed by atoms with E-state index in [1.807, 2.05) is 32.0 Å². The van der Waals surface area contributed by atoms with Crippen molar-refractivity contribution < 1.29 is 19.1 Å². The lowest BCUT2D eigenvalue weighted by Gasteiger charge is -2.56. The number of carbonyl (C=O) groups is 3. The third-order valence-electron chi connectivity index (χ3n) is 8.32. The van der Waals surface area contributed by atoms with Gasteiger partial charge in [0.05, 0.1) is 5.41 Å². The van der Waals surface area contributed by atoms with Crippen molar-refractivity contribution in [2.24, 2.45) is 23.2 Å². The maximum atomic E-state index is 13.7. The molecule has 0 radical (unpaired) electrons. The Morgan fingerprint density at radius 1 is 1.03 bits per heavy atom. The minimum absolute atomic E-state index is 0.187. The molecule has 0 aromatic heterocycles. The zero-order valence-corrected chi connectivity index (χ0v) is 18.7. The summed E-state index contributed by atoms with van der Waals surface area (Å²) in [5.74, 6) is 1.66. The Bertz CT molecular complexity index is 885. The van der Waals surface area contributed by atoms with Gasteiger partial charge in [0, 0.05) is 12.1 Å². The molecule has 1 atom stereocenters. The molecule has 1 aromatic rings. The molecule has 1 amide bonds. The number of likely N-dealkylation sites (tertiary alicyclic amines) is 1. The first kappa shape index (κ1) is 20.7. The van der Waals surface area contributed by atoms with Gasteiger partial charge in [-0.05, 0) is 94.6 Å². The summed E-state index contributed by atoms with van der Waals surface area (Å²) < 4.78 is 5.45. The normalized spacial score (nSPS) is 33.5. The van der Waals surface area contributed by atoms with Crippen LogP contribution in [0.3, 0.4) is 0 Å². The van der Waals surface area contributed by atoms with Gasteiger partial charge < -0.3 is 9.64 Å². The third-order valence-corrected chi connectivity index (χ3v) is 8.32. The molecule has 0 spiro atoms. The summed E-state index contributed by atoms with van der Waals surface area (Å²) in [6.45, 7) is 4.19. The maximum absolute atomic E-state index is 13.7. The lowest BCUT2D eigenvalue weighted by molar-refractivity contribution is -0.165. The fourth-order valence-corrected chi connectivity index (χ4v) is 7.28. The van der Waals surface area contributed by atoms with Crippen molar-refractivity contribution >= 4 is 17.7 Å². The van der Waals surface area contributed by atoms with Crippen LogP contribution in [0.25, 0.3) is 0 Å². The van der Waals surface area contributed by atoms with Crippen LogP contribution in [-0.4, -0.2) is 41.8 Å². The topological polar surface area (TPSA) is 63.7 Å². The average Bonchev–Trinajstić information content (AvgIpc) is 3.21. The van der Waals surface area contributed by atoms with Gasteiger partial charge in [0.25, 0.3) is 0 Å². The van der Waals surface area contributed by atoms with Crippen LogP contribution in [0.4, 0.5) is 0 Å². The van der Waals surface area contributed by atoms with E-state index >= 15 is 0 Å². The van der Waals surface area contributed by atoms with E-state index in [4.69, 9.17) is 4.74 Å². The summed E-state index contributed by atoms with van der Waals surface area (Å²) in [7, 11) is 0. The number of esters is 1. The van der Waals surface area contributed by atoms with Crippen molar-refractivity contribution in [3.63, 3.8) is 0 Å². The highest BCUT2D eigenvalue weighted by Gasteiger charge is 2.57. The second-order valence-electron chi connectivity index (χ2n) is 10.7. The molecule has 1 saturated heterocycles. The molecule has 1 aromatic carbocycles. The molecule has 4 saturated carbocycles. The molecule has 31 heavy (non-hydrogen) atoms. The van der Waals surface area contributed by atoms with Gasteiger partial charge in [-0.3, -0.25) is 9.59 Å². The molecule has 166 valence electrons. The maximum Gasteiger partial charge on any atom is 0.329 e. The van der Waals surface area contributed by atoms with Crippen LogP contribution in [-0.2, 0) is 14.3 Å². The number of hydrogen-bond donors (Lipinski definition) is 0. The van der Waals surface area contributed by atoms with Gasteiger partial charge in [0.1, 0.15) is 6.04 Å². The third kappa shape index (κ3) is 3.70. The molecule has 6 rings (SSSR count). The minimum Gasteiger partial charge on any atom is -0.456 e. The van der Waals surface area contributed by atoms with Crippen molar-refractivity contribution in [2.45, 2.75) is 71.3 Å². The lowest BCUT2D eigenvalue weighted by Crippen LogP contribution is -2.56. The number of nitrogens with zero attached hydrogens (tertiary/aromatic N) is 1. The highest BCUT2D eigenvalue weighted by Crippen LogP contribution is 2.60. The van der Waals surface area contributed by atoms with Crippen molar-refractivity contribution in [1.29, 1.82) is 0 Å². The van der Waals surface area contributed by atoms with Gasteiger partial charge in [-0.2, -0.15) is 0 Å². The Kier molecular flexibility index (Phi) is 5.18. The zero-order valence-electron chi connectivity index (χ0n) is 18.7. The summed E-state index contributed by atoms with van der Waals surface area (Å²) in [4.78, 5) is 41.0. The smallest absolute Gasteiger partial charge is 0.329 e. The van der Waals surface area contributed by atoms with Gasteiger partial charge in [-0.25, -0.2) is 4.79 Å². The number of benzene rings is 1. The molecule has 0 N–H and O–H groups in total. The van der Waals surface area contributed by atoms with E-state index in [-0.39, 0.29) is 23.7 Å². The van der Waals surface area contributed by atoms with Crippen LogP contribution in [0.2, 0.25) is 0 Å². The number of rotatable bonds is 5. The molecule has 5 heteroatoms. The molecule has 4 bridgehead atoms. The monoisotopic (exact) mass is 423 g/mol. The number of ketones is 1. The van der Waals surface area contributed by atoms with Crippen LogP contribution >= 0.6 is 0 Å². The molecule has 5 nitrogen and oxygen atoms in total. The fourth-order valence-electron chi connectivity index (χ4n) is 7.28. The lowest BCUT2D eigenvalue weighted by atomic mass is 9.49. The van der Waals surface area contributed by atoms with Crippen LogP contribution in [0.1, 0.15) is 72.9 Å². The predicted molar refractivity (Wildman–Crippen MR) is 117 cm³/mol. The molecule has 5 fully saturated rings. The number of Topliss-reactive ketones (excluding diaryl/α,β-unsaturated/α-hetero) is 1. The van der Waals surface area contributed by atoms with Crippen LogP contribution < -0.4 is 0 Å². The molecule has 1 heterocycles. The number of ether oxygens (including phenoxy) is 1. The van der Waals surface area contributed by atoms with E-state index in [1.54, 1.807) is 4.90 Å². The first-order valence-corrected chi connectivity index (χ1v) is 11.9. The Morgan fingerprint density at radius 2 is 1.68 bits per heavy atom. The van der Waals surface area contributed by atoms with E-state index in [9.17, 15) is 14.4 Å². The number of carbonyl (C=O) groups excluding carboxylic acids is 3. The first-order valence-electron chi connectivity index (χ1n) is 11.9. The summed E-state index contributed by atoms with van der Waals surface area (Å²) in [5, 5.41) is 0. The molecule has 5 aliphatic rings. The van der Waals surface area contributed by atoms with Gasteiger partial charge in [-0.15, -0.1) is 0 Å². The van der Waals surface area contributed by atoms with E-state index < -0.39 is 12.0 Å². The first-order chi connectivity index (χ1) is 14.8. The van der Waals surface area contributed by atoms with E-state index in [2.05, 4.69) is 0 Å². The summed E-state index contributed by atoms with van der Waals surface area (Å²) >= 11 is 0. The SMILES string of the molecule is Cc1ccc(C)c(C(=O)COC(=O)[C@@H]2CCCN2C(=O)C23CC4CC(CC(C4)C2)C3)c1. The predicted octanol–water partition coefficient (Wildman–Crippen LogP) is 4.24. The van der Waals surface area contributed by atoms with Crippen molar-refractivity contribution in [3.05, 3.63) is 34.9 Å². The molecular formula is C26H33NO4. The van der Waals surface area contributed by atoms with Crippen LogP contribution in [0, 0.1) is 37.0 Å². The van der Waals surface area contributed by atoms with Gasteiger partial charge >= 0.3 is 5.97 Å². The Hall–Kier alpha value is -2.17. The van der Waals surface area contributed by atoms with Crippen molar-refractivity contribution in [2.75, 3.05) is 13.2 Å². The molecule has 0 unspecified atom stereocenters. The Labute approximate surface area is 184 Å². The zero-order chi connectivity index (χ0) is 21.8.